The van der Waals surface area contributed by atoms with Crippen LogP contribution in [0.5, 0.6) is 0 Å². The third-order valence-corrected chi connectivity index (χ3v) is 6.60. The summed E-state index contributed by atoms with van der Waals surface area (Å²) >= 11 is 0. The maximum absolute atomic E-state index is 6.11. The fraction of sp³-hybridized carbons (Fsp3) is 0.708. The Morgan fingerprint density at radius 2 is 1.97 bits per heavy atom. The summed E-state index contributed by atoms with van der Waals surface area (Å²) in [6, 6.07) is 11.1. The highest BCUT2D eigenvalue weighted by molar-refractivity contribution is 14.0. The number of fused-ring (bicyclic) bond motifs is 1. The largest absolute Gasteiger partial charge is 0.381 e. The van der Waals surface area contributed by atoms with E-state index in [2.05, 4.69) is 50.4 Å². The highest BCUT2D eigenvalue weighted by atomic mass is 127. The first kappa shape index (κ1) is 25.7. The Bertz CT molecular complexity index is 687. The number of benzene rings is 1. The molecule has 0 aromatic heterocycles. The minimum absolute atomic E-state index is 0. The fourth-order valence-electron chi connectivity index (χ4n) is 4.82. The molecule has 1 N–H and O–H groups in total. The standard InChI is InChI=1S/C24H38N4O3.HI/c1-25-24(26-10-5-12-30-19-21-8-13-29-14-9-21)28-17-22-23(18-28)31-15-11-27(22)16-20-6-3-2-4-7-20;/h2-4,6-7,21-23H,5,8-19H2,1H3,(H,25,26);1H. The lowest BCUT2D eigenvalue weighted by molar-refractivity contribution is -0.0502. The molecule has 3 aliphatic rings. The van der Waals surface area contributed by atoms with Gasteiger partial charge in [0.25, 0.3) is 0 Å². The zero-order valence-corrected chi connectivity index (χ0v) is 21.6. The van der Waals surface area contributed by atoms with Gasteiger partial charge in [-0.15, -0.1) is 24.0 Å². The van der Waals surface area contributed by atoms with Crippen LogP contribution in [0.1, 0.15) is 24.8 Å². The summed E-state index contributed by atoms with van der Waals surface area (Å²) in [5.41, 5.74) is 1.37. The van der Waals surface area contributed by atoms with E-state index in [1.54, 1.807) is 0 Å². The number of hydrogen-bond acceptors (Lipinski definition) is 5. The third-order valence-electron chi connectivity index (χ3n) is 6.60. The van der Waals surface area contributed by atoms with Crippen LogP contribution in [0, 0.1) is 5.92 Å². The SMILES string of the molecule is CN=C(NCCCOCC1CCOCC1)N1CC2OCCN(Cc3ccccc3)C2C1.I. The maximum Gasteiger partial charge on any atom is 0.193 e. The highest BCUT2D eigenvalue weighted by Gasteiger charge is 2.41. The number of nitrogens with one attached hydrogen (secondary N) is 1. The van der Waals surface area contributed by atoms with Crippen LogP contribution in [0.25, 0.3) is 0 Å². The van der Waals surface area contributed by atoms with E-state index in [4.69, 9.17) is 14.2 Å². The smallest absolute Gasteiger partial charge is 0.193 e. The van der Waals surface area contributed by atoms with Crippen molar-refractivity contribution in [3.63, 3.8) is 0 Å². The number of rotatable bonds is 8. The molecule has 2 unspecified atom stereocenters. The molecule has 7 nitrogen and oxygen atoms in total. The van der Waals surface area contributed by atoms with Crippen molar-refractivity contribution in [1.82, 2.24) is 15.1 Å². The van der Waals surface area contributed by atoms with Gasteiger partial charge >= 0.3 is 0 Å². The van der Waals surface area contributed by atoms with Crippen molar-refractivity contribution in [2.24, 2.45) is 10.9 Å². The molecule has 32 heavy (non-hydrogen) atoms. The molecule has 0 amide bonds. The van der Waals surface area contributed by atoms with Gasteiger partial charge in [-0.1, -0.05) is 30.3 Å². The Labute approximate surface area is 209 Å². The van der Waals surface area contributed by atoms with Crippen molar-refractivity contribution in [2.45, 2.75) is 38.0 Å². The maximum atomic E-state index is 6.11. The summed E-state index contributed by atoms with van der Waals surface area (Å²) in [5, 5.41) is 3.53. The van der Waals surface area contributed by atoms with Gasteiger partial charge in [-0.3, -0.25) is 9.89 Å². The number of halogens is 1. The lowest BCUT2D eigenvalue weighted by atomic mass is 10.0. The zero-order chi connectivity index (χ0) is 21.3. The second-order valence-electron chi connectivity index (χ2n) is 8.80. The van der Waals surface area contributed by atoms with Gasteiger partial charge in [0.05, 0.1) is 18.8 Å². The van der Waals surface area contributed by atoms with E-state index in [1.165, 1.54) is 5.56 Å². The predicted octanol–water partition coefficient (Wildman–Crippen LogP) is 2.60. The summed E-state index contributed by atoms with van der Waals surface area (Å²) in [6.07, 6.45) is 3.50. The van der Waals surface area contributed by atoms with Gasteiger partial charge in [-0.05, 0) is 30.7 Å². The lowest BCUT2D eigenvalue weighted by Gasteiger charge is -2.36. The molecule has 1 aromatic carbocycles. The minimum atomic E-state index is 0. The molecule has 4 rings (SSSR count). The van der Waals surface area contributed by atoms with Crippen LogP contribution in [0.3, 0.4) is 0 Å². The van der Waals surface area contributed by atoms with Crippen LogP contribution < -0.4 is 5.32 Å². The second kappa shape index (κ2) is 13.7. The second-order valence-corrected chi connectivity index (χ2v) is 8.80. The average Bonchev–Trinajstić information content (AvgIpc) is 3.25. The lowest BCUT2D eigenvalue weighted by Crippen LogP contribution is -2.50. The molecule has 0 aliphatic carbocycles. The Kier molecular flexibility index (Phi) is 11.0. The average molecular weight is 559 g/mol. The minimum Gasteiger partial charge on any atom is -0.381 e. The van der Waals surface area contributed by atoms with Crippen molar-refractivity contribution in [3.05, 3.63) is 35.9 Å². The van der Waals surface area contributed by atoms with Gasteiger partial charge in [0.1, 0.15) is 0 Å². The molecule has 3 fully saturated rings. The molecular formula is C24H39IN4O3. The Morgan fingerprint density at radius 3 is 2.75 bits per heavy atom. The molecule has 1 aromatic rings. The van der Waals surface area contributed by atoms with E-state index in [1.807, 2.05) is 7.05 Å². The zero-order valence-electron chi connectivity index (χ0n) is 19.3. The first-order valence-corrected chi connectivity index (χ1v) is 11.8. The van der Waals surface area contributed by atoms with Crippen LogP contribution in [-0.4, -0.2) is 94.2 Å². The summed E-state index contributed by atoms with van der Waals surface area (Å²) < 4.78 is 17.4. The van der Waals surface area contributed by atoms with E-state index in [-0.39, 0.29) is 30.1 Å². The molecule has 8 heteroatoms. The van der Waals surface area contributed by atoms with Gasteiger partial charge in [-0.2, -0.15) is 0 Å². The fourth-order valence-corrected chi connectivity index (χ4v) is 4.82. The third kappa shape index (κ3) is 7.28. The number of hydrogen-bond donors (Lipinski definition) is 1. The highest BCUT2D eigenvalue weighted by Crippen LogP contribution is 2.24. The summed E-state index contributed by atoms with van der Waals surface area (Å²) in [5.74, 6) is 1.64. The molecule has 3 aliphatic heterocycles. The molecule has 0 spiro atoms. The van der Waals surface area contributed by atoms with E-state index >= 15 is 0 Å². The Balaban J connectivity index is 0.00000289. The number of aliphatic imine (C=N–C) groups is 1. The van der Waals surface area contributed by atoms with Crippen LogP contribution in [-0.2, 0) is 20.8 Å². The van der Waals surface area contributed by atoms with Gasteiger partial charge in [-0.25, -0.2) is 0 Å². The number of ether oxygens (including phenoxy) is 3. The Morgan fingerprint density at radius 1 is 1.16 bits per heavy atom. The van der Waals surface area contributed by atoms with E-state index in [0.717, 1.165) is 91.0 Å². The first-order chi connectivity index (χ1) is 15.3. The molecule has 0 saturated carbocycles. The number of guanidine groups is 1. The summed E-state index contributed by atoms with van der Waals surface area (Å²) in [4.78, 5) is 9.45. The van der Waals surface area contributed by atoms with Gasteiger partial charge in [0.15, 0.2) is 5.96 Å². The van der Waals surface area contributed by atoms with Crippen molar-refractivity contribution in [2.75, 3.05) is 66.3 Å². The summed E-state index contributed by atoms with van der Waals surface area (Å²) in [6.45, 7) is 8.93. The molecular weight excluding hydrogens is 519 g/mol. The van der Waals surface area contributed by atoms with Crippen LogP contribution >= 0.6 is 24.0 Å². The Hall–Kier alpha value is -0.940. The van der Waals surface area contributed by atoms with Gasteiger partial charge in [0.2, 0.25) is 0 Å². The molecule has 0 radical (unpaired) electrons. The van der Waals surface area contributed by atoms with Crippen molar-refractivity contribution < 1.29 is 14.2 Å². The van der Waals surface area contributed by atoms with E-state index in [9.17, 15) is 0 Å². The van der Waals surface area contributed by atoms with Gasteiger partial charge < -0.3 is 24.4 Å². The summed E-state index contributed by atoms with van der Waals surface area (Å²) in [7, 11) is 1.87. The van der Waals surface area contributed by atoms with Crippen LogP contribution in [0.2, 0.25) is 0 Å². The monoisotopic (exact) mass is 558 g/mol. The molecule has 2 atom stereocenters. The number of morpholine rings is 1. The van der Waals surface area contributed by atoms with E-state index in [0.29, 0.717) is 12.0 Å². The van der Waals surface area contributed by atoms with Crippen LogP contribution in [0.4, 0.5) is 0 Å². The number of nitrogens with zero attached hydrogens (tertiary/aromatic N) is 3. The van der Waals surface area contributed by atoms with Crippen LogP contribution in [0.15, 0.2) is 35.3 Å². The molecule has 3 saturated heterocycles. The number of likely N-dealkylation sites (tertiary alicyclic amines) is 1. The van der Waals surface area contributed by atoms with Crippen molar-refractivity contribution in [3.8, 4) is 0 Å². The predicted molar refractivity (Wildman–Crippen MR) is 138 cm³/mol. The van der Waals surface area contributed by atoms with Gasteiger partial charge in [0, 0.05) is 66.2 Å². The molecule has 0 bridgehead atoms. The van der Waals surface area contributed by atoms with Crippen molar-refractivity contribution >= 4 is 29.9 Å². The molecule has 180 valence electrons. The quantitative estimate of drug-likeness (QED) is 0.229. The first-order valence-electron chi connectivity index (χ1n) is 11.8. The van der Waals surface area contributed by atoms with Crippen molar-refractivity contribution in [1.29, 1.82) is 0 Å². The van der Waals surface area contributed by atoms with E-state index < -0.39 is 0 Å². The normalized spacial score (nSPS) is 24.8. The topological polar surface area (TPSA) is 58.6 Å². The molecule has 3 heterocycles.